The third kappa shape index (κ3) is 2.71. The quantitative estimate of drug-likeness (QED) is 0.881. The van der Waals surface area contributed by atoms with Gasteiger partial charge in [0.15, 0.2) is 5.78 Å². The zero-order valence-electron chi connectivity index (χ0n) is 11.7. The molecule has 5 heteroatoms. The van der Waals surface area contributed by atoms with Crippen molar-refractivity contribution in [2.75, 3.05) is 14.2 Å². The van der Waals surface area contributed by atoms with Gasteiger partial charge in [-0.2, -0.15) is 0 Å². The van der Waals surface area contributed by atoms with Crippen molar-refractivity contribution >= 4 is 29.0 Å². The normalized spacial score (nSPS) is 11.6. The third-order valence-corrected chi connectivity index (χ3v) is 3.06. The maximum Gasteiger partial charge on any atom is 0.183 e. The highest BCUT2D eigenvalue weighted by Crippen LogP contribution is 2.36. The molecule has 4 nitrogen and oxygen atoms in total. The van der Waals surface area contributed by atoms with Gasteiger partial charge < -0.3 is 15.2 Å². The van der Waals surface area contributed by atoms with Crippen LogP contribution in [0.3, 0.4) is 0 Å². The Kier molecular flexibility index (Phi) is 5.36. The minimum absolute atomic E-state index is 0. The van der Waals surface area contributed by atoms with Crippen molar-refractivity contribution in [2.45, 2.75) is 13.0 Å². The van der Waals surface area contributed by atoms with Gasteiger partial charge in [0.2, 0.25) is 0 Å². The van der Waals surface area contributed by atoms with Crippen LogP contribution in [0.4, 0.5) is 0 Å². The van der Waals surface area contributed by atoms with Gasteiger partial charge in [-0.25, -0.2) is 0 Å². The number of methoxy groups -OCH3 is 2. The van der Waals surface area contributed by atoms with Crippen LogP contribution in [0.15, 0.2) is 30.3 Å². The van der Waals surface area contributed by atoms with Crippen molar-refractivity contribution in [3.63, 3.8) is 0 Å². The molecule has 1 atom stereocenters. The fraction of sp³-hybridized carbons (Fsp3) is 0.267. The standard InChI is InChI=1S/C15H17NO3.ClH/c1-9(16)14(17)12-8-13(18-2)10-6-4-5-7-11(10)15(12)19-3;/h4-9H,16H2,1-3H3;1H. The van der Waals surface area contributed by atoms with Crippen LogP contribution in [-0.2, 0) is 0 Å². The Hall–Kier alpha value is -1.78. The number of fused-ring (bicyclic) bond motifs is 1. The van der Waals surface area contributed by atoms with Crippen LogP contribution in [0, 0.1) is 0 Å². The maximum atomic E-state index is 12.2. The molecule has 0 aliphatic rings. The van der Waals surface area contributed by atoms with Crippen LogP contribution in [-0.4, -0.2) is 26.0 Å². The molecule has 0 saturated heterocycles. The molecule has 0 aliphatic carbocycles. The number of carbonyl (C=O) groups is 1. The van der Waals surface area contributed by atoms with Crippen LogP contribution in [0.1, 0.15) is 17.3 Å². The molecule has 0 saturated carbocycles. The van der Waals surface area contributed by atoms with E-state index in [9.17, 15) is 4.79 Å². The molecular formula is C15H18ClNO3. The minimum atomic E-state index is -0.584. The Morgan fingerprint density at radius 3 is 2.25 bits per heavy atom. The molecule has 0 spiro atoms. The first-order valence-electron chi connectivity index (χ1n) is 6.03. The predicted octanol–water partition coefficient (Wildman–Crippen LogP) is 2.81. The first-order valence-corrected chi connectivity index (χ1v) is 6.03. The number of hydrogen-bond donors (Lipinski definition) is 1. The van der Waals surface area contributed by atoms with E-state index in [0.717, 1.165) is 10.8 Å². The van der Waals surface area contributed by atoms with Gasteiger partial charge in [-0.05, 0) is 13.0 Å². The number of halogens is 1. The number of hydrogen-bond acceptors (Lipinski definition) is 4. The van der Waals surface area contributed by atoms with Crippen LogP contribution in [0.2, 0.25) is 0 Å². The van der Waals surface area contributed by atoms with Gasteiger partial charge in [-0.3, -0.25) is 4.79 Å². The lowest BCUT2D eigenvalue weighted by molar-refractivity contribution is 0.0965. The van der Waals surface area contributed by atoms with E-state index in [1.165, 1.54) is 0 Å². The molecule has 0 amide bonds. The second-order valence-corrected chi connectivity index (χ2v) is 4.36. The molecule has 2 aromatic rings. The average molecular weight is 296 g/mol. The van der Waals surface area contributed by atoms with E-state index in [2.05, 4.69) is 0 Å². The number of ketones is 1. The molecule has 2 rings (SSSR count). The number of carbonyl (C=O) groups excluding carboxylic acids is 1. The topological polar surface area (TPSA) is 61.5 Å². The zero-order valence-corrected chi connectivity index (χ0v) is 12.5. The summed E-state index contributed by atoms with van der Waals surface area (Å²) in [4.78, 5) is 12.2. The van der Waals surface area contributed by atoms with E-state index in [1.54, 1.807) is 27.2 Å². The lowest BCUT2D eigenvalue weighted by Gasteiger charge is -2.15. The van der Waals surface area contributed by atoms with Crippen LogP contribution in [0.5, 0.6) is 11.5 Å². The summed E-state index contributed by atoms with van der Waals surface area (Å²) < 4.78 is 10.7. The van der Waals surface area contributed by atoms with E-state index in [4.69, 9.17) is 15.2 Å². The number of benzene rings is 2. The molecule has 0 aliphatic heterocycles. The van der Waals surface area contributed by atoms with Crippen molar-refractivity contribution in [3.05, 3.63) is 35.9 Å². The summed E-state index contributed by atoms with van der Waals surface area (Å²) in [5.41, 5.74) is 6.13. The Bertz CT molecular complexity index is 626. The van der Waals surface area contributed by atoms with Gasteiger partial charge in [-0.1, -0.05) is 24.3 Å². The number of ether oxygens (including phenoxy) is 2. The highest BCUT2D eigenvalue weighted by Gasteiger charge is 2.20. The van der Waals surface area contributed by atoms with Gasteiger partial charge in [-0.15, -0.1) is 12.4 Å². The van der Waals surface area contributed by atoms with E-state index in [1.807, 2.05) is 24.3 Å². The summed E-state index contributed by atoms with van der Waals surface area (Å²) >= 11 is 0. The monoisotopic (exact) mass is 295 g/mol. The summed E-state index contributed by atoms with van der Waals surface area (Å²) in [6.07, 6.45) is 0. The van der Waals surface area contributed by atoms with Gasteiger partial charge in [0, 0.05) is 10.8 Å². The number of Topliss-reactive ketones (excluding diaryl/α,β-unsaturated/α-hetero) is 1. The molecule has 108 valence electrons. The Labute approximate surface area is 124 Å². The highest BCUT2D eigenvalue weighted by atomic mass is 35.5. The smallest absolute Gasteiger partial charge is 0.183 e. The molecule has 2 N–H and O–H groups in total. The summed E-state index contributed by atoms with van der Waals surface area (Å²) in [7, 11) is 3.13. The van der Waals surface area contributed by atoms with Crippen molar-refractivity contribution in [2.24, 2.45) is 5.73 Å². The van der Waals surface area contributed by atoms with Crippen molar-refractivity contribution < 1.29 is 14.3 Å². The molecule has 0 heterocycles. The lowest BCUT2D eigenvalue weighted by atomic mass is 9.99. The van der Waals surface area contributed by atoms with Crippen molar-refractivity contribution in [1.82, 2.24) is 0 Å². The second-order valence-electron chi connectivity index (χ2n) is 4.36. The van der Waals surface area contributed by atoms with Gasteiger partial charge in [0.05, 0.1) is 25.8 Å². The van der Waals surface area contributed by atoms with Crippen molar-refractivity contribution in [3.8, 4) is 11.5 Å². The van der Waals surface area contributed by atoms with Gasteiger partial charge in [0.25, 0.3) is 0 Å². The summed E-state index contributed by atoms with van der Waals surface area (Å²) in [6, 6.07) is 8.74. The maximum absolute atomic E-state index is 12.2. The van der Waals surface area contributed by atoms with Crippen LogP contribution < -0.4 is 15.2 Å². The molecule has 0 fully saturated rings. The Morgan fingerprint density at radius 1 is 1.15 bits per heavy atom. The fourth-order valence-corrected chi connectivity index (χ4v) is 2.13. The van der Waals surface area contributed by atoms with Gasteiger partial charge in [0.1, 0.15) is 11.5 Å². The summed E-state index contributed by atoms with van der Waals surface area (Å²) in [6.45, 7) is 1.66. The molecule has 20 heavy (non-hydrogen) atoms. The SMILES string of the molecule is COc1cc(C(=O)C(C)N)c(OC)c2ccccc12.Cl. The largest absolute Gasteiger partial charge is 0.496 e. The fourth-order valence-electron chi connectivity index (χ4n) is 2.13. The number of rotatable bonds is 4. The first kappa shape index (κ1) is 16.3. The summed E-state index contributed by atoms with van der Waals surface area (Å²) in [5, 5.41) is 1.75. The van der Waals surface area contributed by atoms with E-state index in [-0.39, 0.29) is 18.2 Å². The Morgan fingerprint density at radius 2 is 1.75 bits per heavy atom. The molecular weight excluding hydrogens is 278 g/mol. The van der Waals surface area contributed by atoms with Crippen LogP contribution >= 0.6 is 12.4 Å². The highest BCUT2D eigenvalue weighted by molar-refractivity contribution is 6.08. The first-order chi connectivity index (χ1) is 9.10. The molecule has 0 bridgehead atoms. The summed E-state index contributed by atoms with van der Waals surface area (Å²) in [5.74, 6) is 1.01. The van der Waals surface area contributed by atoms with E-state index in [0.29, 0.717) is 17.1 Å². The van der Waals surface area contributed by atoms with Crippen molar-refractivity contribution in [1.29, 1.82) is 0 Å². The number of nitrogens with two attached hydrogens (primary N) is 1. The predicted molar refractivity (Wildman–Crippen MR) is 82.3 cm³/mol. The van der Waals surface area contributed by atoms with Crippen LogP contribution in [0.25, 0.3) is 10.8 Å². The zero-order chi connectivity index (χ0) is 14.0. The second kappa shape index (κ2) is 6.59. The third-order valence-electron chi connectivity index (χ3n) is 3.06. The molecule has 0 radical (unpaired) electrons. The lowest BCUT2D eigenvalue weighted by Crippen LogP contribution is -2.27. The van der Waals surface area contributed by atoms with E-state index < -0.39 is 6.04 Å². The molecule has 0 aromatic heterocycles. The Balaban J connectivity index is 0.00000200. The average Bonchev–Trinajstić information content (AvgIpc) is 2.44. The minimum Gasteiger partial charge on any atom is -0.496 e. The van der Waals surface area contributed by atoms with Gasteiger partial charge >= 0.3 is 0 Å². The molecule has 1 unspecified atom stereocenters. The molecule has 2 aromatic carbocycles. The van der Waals surface area contributed by atoms with E-state index >= 15 is 0 Å².